The van der Waals surface area contributed by atoms with Gasteiger partial charge in [-0.3, -0.25) is 0 Å². The molecule has 2 nitrogen and oxygen atoms in total. The molecule has 0 N–H and O–H groups in total. The van der Waals surface area contributed by atoms with Gasteiger partial charge in [0.25, 0.3) is 6.71 Å². The highest BCUT2D eigenvalue weighted by Gasteiger charge is 2.52. The van der Waals surface area contributed by atoms with Crippen LogP contribution in [0.25, 0.3) is 22.3 Å². The van der Waals surface area contributed by atoms with Gasteiger partial charge in [0.05, 0.1) is 5.69 Å². The molecule has 0 amide bonds. The summed E-state index contributed by atoms with van der Waals surface area (Å²) in [7, 11) is 0. The van der Waals surface area contributed by atoms with E-state index in [1.807, 2.05) is 11.8 Å². The molecular weight excluding hydrogens is 706 g/mol. The van der Waals surface area contributed by atoms with Crippen molar-refractivity contribution in [2.75, 3.05) is 9.80 Å². The molecule has 0 fully saturated rings. The predicted octanol–water partition coefficient (Wildman–Crippen LogP) is 9.63. The van der Waals surface area contributed by atoms with E-state index in [4.69, 9.17) is 0 Å². The summed E-state index contributed by atoms with van der Waals surface area (Å²) in [6, 6.07) is 59.8. The fourth-order valence-corrected chi connectivity index (χ4v) is 11.7. The molecule has 0 atom stereocenters. The second kappa shape index (κ2) is 12.2. The van der Waals surface area contributed by atoms with Gasteiger partial charge in [-0.15, -0.1) is 0 Å². The van der Waals surface area contributed by atoms with Gasteiger partial charge in [0.1, 0.15) is 0 Å². The van der Waals surface area contributed by atoms with E-state index < -0.39 is 0 Å². The van der Waals surface area contributed by atoms with Gasteiger partial charge in [-0.05, 0) is 108 Å². The summed E-state index contributed by atoms with van der Waals surface area (Å²) in [6.07, 6.45) is 0. The SMILES string of the molecule is Cc1ccc2c(c1)B1c3ccccc3Sc3c1c1c4c(c3-c3ccccc3-c3ccccc3)N(c3ccccc3C)c3ccc(C)cc3B4c3cc(C)ccc3N21. The van der Waals surface area contributed by atoms with Gasteiger partial charge in [-0.2, -0.15) is 0 Å². The molecule has 12 rings (SSSR count). The van der Waals surface area contributed by atoms with Crippen molar-refractivity contribution in [3.63, 3.8) is 0 Å². The fourth-order valence-electron chi connectivity index (χ4n) is 10.4. The minimum atomic E-state index is 0.0408. The minimum Gasteiger partial charge on any atom is -0.312 e. The molecule has 0 saturated heterocycles. The third-order valence-corrected chi connectivity index (χ3v) is 14.0. The van der Waals surface area contributed by atoms with Crippen LogP contribution in [-0.2, 0) is 0 Å². The van der Waals surface area contributed by atoms with Crippen LogP contribution in [-0.4, -0.2) is 13.4 Å². The van der Waals surface area contributed by atoms with Gasteiger partial charge >= 0.3 is 0 Å². The van der Waals surface area contributed by atoms with Crippen molar-refractivity contribution in [2.24, 2.45) is 0 Å². The molecule has 8 aromatic rings. The standard InChI is InChI=1S/C52H38B2N2S/c1-31-23-26-44-39(28-31)53-38-19-11-13-21-46(38)57-52-47(37-18-10-9-17-36(37)35-15-6-5-7-16-35)50-48-51(49(52)53)56(44)45-27-24-33(3)30-41(45)54(48)40-29-32(2)22-25-43(40)55(50)42-20-12-8-14-34(42)4/h5-30H,1-4H3. The van der Waals surface area contributed by atoms with Crippen LogP contribution in [0.15, 0.2) is 168 Å². The number of nitrogens with zero attached hydrogens (tertiary/aromatic N) is 2. The van der Waals surface area contributed by atoms with Crippen LogP contribution in [0, 0.1) is 27.7 Å². The summed E-state index contributed by atoms with van der Waals surface area (Å²) in [4.78, 5) is 7.99. The van der Waals surface area contributed by atoms with E-state index in [1.54, 1.807) is 0 Å². The van der Waals surface area contributed by atoms with E-state index in [0.717, 1.165) is 0 Å². The van der Waals surface area contributed by atoms with Crippen molar-refractivity contribution in [1.29, 1.82) is 0 Å². The van der Waals surface area contributed by atoms with Crippen molar-refractivity contribution >= 4 is 92.1 Å². The average Bonchev–Trinajstić information content (AvgIpc) is 3.23. The lowest BCUT2D eigenvalue weighted by Crippen LogP contribution is -2.68. The highest BCUT2D eigenvalue weighted by molar-refractivity contribution is 8.00. The maximum Gasteiger partial charge on any atom is 0.252 e. The molecule has 0 spiro atoms. The topological polar surface area (TPSA) is 6.48 Å². The molecular formula is C52H38B2N2S. The number of fused-ring (bicyclic) bond motifs is 10. The number of benzene rings is 8. The Labute approximate surface area is 340 Å². The normalized spacial score (nSPS) is 13.8. The largest absolute Gasteiger partial charge is 0.312 e. The van der Waals surface area contributed by atoms with E-state index in [0.29, 0.717) is 0 Å². The molecule has 0 saturated carbocycles. The first-order chi connectivity index (χ1) is 28.0. The molecule has 4 aliphatic rings. The Kier molecular flexibility index (Phi) is 7.05. The van der Waals surface area contributed by atoms with E-state index >= 15 is 0 Å². The molecule has 57 heavy (non-hydrogen) atoms. The van der Waals surface area contributed by atoms with E-state index in [9.17, 15) is 0 Å². The molecule has 0 radical (unpaired) electrons. The number of para-hydroxylation sites is 1. The smallest absolute Gasteiger partial charge is 0.252 e. The average molecular weight is 745 g/mol. The van der Waals surface area contributed by atoms with Crippen molar-refractivity contribution < 1.29 is 0 Å². The van der Waals surface area contributed by atoms with E-state index in [-0.39, 0.29) is 13.4 Å². The highest BCUT2D eigenvalue weighted by Crippen LogP contribution is 2.54. The molecule has 0 aliphatic carbocycles. The van der Waals surface area contributed by atoms with Gasteiger partial charge in [-0.25, -0.2) is 0 Å². The number of hydrogen-bond acceptors (Lipinski definition) is 3. The molecule has 5 heteroatoms. The Morgan fingerprint density at radius 1 is 0.421 bits per heavy atom. The molecule has 268 valence electrons. The summed E-state index contributed by atoms with van der Waals surface area (Å²) >= 11 is 1.97. The third kappa shape index (κ3) is 4.58. The van der Waals surface area contributed by atoms with Gasteiger partial charge in [0, 0.05) is 43.8 Å². The van der Waals surface area contributed by atoms with Gasteiger partial charge in [0.2, 0.25) is 6.71 Å². The zero-order valence-electron chi connectivity index (χ0n) is 32.5. The Morgan fingerprint density at radius 2 is 0.947 bits per heavy atom. The number of anilines is 6. The van der Waals surface area contributed by atoms with Crippen LogP contribution in [0.4, 0.5) is 34.1 Å². The molecule has 4 heterocycles. The number of rotatable bonds is 3. The Balaban J connectivity index is 1.34. The summed E-state index contributed by atoms with van der Waals surface area (Å²) in [5.41, 5.74) is 26.2. The fraction of sp³-hybridized carbons (Fsp3) is 0.0769. The highest BCUT2D eigenvalue weighted by atomic mass is 32.2. The first-order valence-corrected chi connectivity index (χ1v) is 20.9. The second-order valence-corrected chi connectivity index (χ2v) is 17.3. The maximum atomic E-state index is 2.66. The number of aryl methyl sites for hydroxylation is 4. The van der Waals surface area contributed by atoms with E-state index in [2.05, 4.69) is 195 Å². The molecule has 4 aliphatic heterocycles. The Bertz CT molecular complexity index is 3030. The van der Waals surface area contributed by atoms with Crippen molar-refractivity contribution in [3.05, 3.63) is 180 Å². The summed E-state index contributed by atoms with van der Waals surface area (Å²) in [6.45, 7) is 9.15. The van der Waals surface area contributed by atoms with Gasteiger partial charge in [0.15, 0.2) is 0 Å². The van der Waals surface area contributed by atoms with Crippen LogP contribution in [0.1, 0.15) is 22.3 Å². The minimum absolute atomic E-state index is 0.0408. The van der Waals surface area contributed by atoms with Gasteiger partial charge < -0.3 is 9.80 Å². The molecule has 0 unspecified atom stereocenters. The maximum absolute atomic E-state index is 2.66. The Hall–Kier alpha value is -6.16. The zero-order chi connectivity index (χ0) is 38.1. The summed E-state index contributed by atoms with van der Waals surface area (Å²) in [5, 5.41) is 0. The summed E-state index contributed by atoms with van der Waals surface area (Å²) < 4.78 is 0. The predicted molar refractivity (Wildman–Crippen MR) is 246 cm³/mol. The lowest BCUT2D eigenvalue weighted by Gasteiger charge is -2.50. The van der Waals surface area contributed by atoms with Crippen LogP contribution < -0.4 is 42.6 Å². The quantitative estimate of drug-likeness (QED) is 0.167. The first-order valence-electron chi connectivity index (χ1n) is 20.1. The first kappa shape index (κ1) is 33.0. The van der Waals surface area contributed by atoms with Crippen molar-refractivity contribution in [2.45, 2.75) is 37.5 Å². The second-order valence-electron chi connectivity index (χ2n) is 16.3. The molecule has 8 aromatic carbocycles. The zero-order valence-corrected chi connectivity index (χ0v) is 33.3. The third-order valence-electron chi connectivity index (χ3n) is 12.8. The lowest BCUT2D eigenvalue weighted by molar-refractivity contribution is 1.21. The van der Waals surface area contributed by atoms with Crippen molar-refractivity contribution in [3.8, 4) is 22.3 Å². The van der Waals surface area contributed by atoms with E-state index in [1.165, 1.54) is 121 Å². The van der Waals surface area contributed by atoms with Crippen LogP contribution in [0.2, 0.25) is 0 Å². The summed E-state index contributed by atoms with van der Waals surface area (Å²) in [5.74, 6) is 0. The van der Waals surface area contributed by atoms with Crippen LogP contribution in [0.3, 0.4) is 0 Å². The lowest BCUT2D eigenvalue weighted by atomic mass is 9.29. The van der Waals surface area contributed by atoms with Gasteiger partial charge in [-0.1, -0.05) is 161 Å². The Morgan fingerprint density at radius 3 is 1.60 bits per heavy atom. The van der Waals surface area contributed by atoms with Crippen LogP contribution in [0.5, 0.6) is 0 Å². The van der Waals surface area contributed by atoms with Crippen molar-refractivity contribution in [1.82, 2.24) is 0 Å². The monoisotopic (exact) mass is 744 g/mol. The molecule has 0 aromatic heterocycles. The molecule has 0 bridgehead atoms. The number of hydrogen-bond donors (Lipinski definition) is 0. The van der Waals surface area contributed by atoms with Crippen LogP contribution >= 0.6 is 11.8 Å².